The van der Waals surface area contributed by atoms with Crippen LogP contribution in [0.15, 0.2) is 142 Å². The standard InChI is InChI=1S/C34H26O3P2/c1-24(38(27-14-4-2-5-15-27)28-16-6-3-7-17-28)35-39-36-31-22-20-25-12-8-10-18-29(25)33(31)34-30-19-11-9-13-26(30)21-23-32(34)37-39/h2-24H,1H3/t24-/m1/s1. The first kappa shape index (κ1) is 24.2. The molecule has 0 bridgehead atoms. The Morgan fingerprint density at radius 2 is 0.974 bits per heavy atom. The van der Waals surface area contributed by atoms with Crippen LogP contribution in [0.1, 0.15) is 6.92 Å². The topological polar surface area (TPSA) is 35.5 Å². The summed E-state index contributed by atoms with van der Waals surface area (Å²) >= 11 is 0. The molecule has 0 spiro atoms. The Balaban J connectivity index is 1.46. The van der Waals surface area contributed by atoms with E-state index in [-0.39, 0.29) is 5.85 Å². The van der Waals surface area contributed by atoms with E-state index in [1.165, 1.54) is 10.6 Å². The van der Waals surface area contributed by atoms with Gasteiger partial charge in [0.05, 0.1) is 5.85 Å². The first-order valence-corrected chi connectivity index (χ1v) is 15.5. The molecule has 0 aliphatic rings. The quantitative estimate of drug-likeness (QED) is 0.203. The summed E-state index contributed by atoms with van der Waals surface area (Å²) < 4.78 is 20.0. The minimum atomic E-state index is -1.72. The summed E-state index contributed by atoms with van der Waals surface area (Å²) in [7, 11) is -2.52. The van der Waals surface area contributed by atoms with Crippen molar-refractivity contribution in [3.63, 3.8) is 0 Å². The number of fused-ring (bicyclic) bond motifs is 7. The van der Waals surface area contributed by atoms with Crippen molar-refractivity contribution >= 4 is 70.3 Å². The number of rotatable bonds is 5. The Labute approximate surface area is 229 Å². The van der Waals surface area contributed by atoms with Gasteiger partial charge in [-0.3, -0.25) is 4.52 Å². The van der Waals surface area contributed by atoms with Crippen LogP contribution in [-0.2, 0) is 0 Å². The van der Waals surface area contributed by atoms with E-state index in [1.807, 2.05) is 0 Å². The molecule has 7 rings (SSSR count). The van der Waals surface area contributed by atoms with Gasteiger partial charge in [-0.1, -0.05) is 121 Å². The molecule has 0 fully saturated rings. The Morgan fingerprint density at radius 3 is 1.46 bits per heavy atom. The number of hydrogen-bond acceptors (Lipinski definition) is 3. The van der Waals surface area contributed by atoms with Crippen molar-refractivity contribution in [2.75, 3.05) is 0 Å². The summed E-state index contributed by atoms with van der Waals surface area (Å²) in [6.45, 7) is 2.13. The Morgan fingerprint density at radius 1 is 0.538 bits per heavy atom. The fraction of sp³-hybridized carbons (Fsp3) is 0.0588. The van der Waals surface area contributed by atoms with Crippen LogP contribution in [0.2, 0.25) is 0 Å². The van der Waals surface area contributed by atoms with Crippen molar-refractivity contribution in [1.82, 2.24) is 0 Å². The molecule has 0 aliphatic heterocycles. The van der Waals surface area contributed by atoms with Crippen LogP contribution in [0.5, 0.6) is 0 Å². The molecule has 0 radical (unpaired) electrons. The third kappa shape index (κ3) is 4.54. The van der Waals surface area contributed by atoms with E-state index in [4.69, 9.17) is 12.9 Å². The van der Waals surface area contributed by atoms with Gasteiger partial charge in [0.25, 0.3) is 0 Å². The minimum absolute atomic E-state index is 0.137. The lowest BCUT2D eigenvalue weighted by molar-refractivity contribution is 0.361. The summed E-state index contributed by atoms with van der Waals surface area (Å²) in [5, 5.41) is 9.22. The van der Waals surface area contributed by atoms with Crippen molar-refractivity contribution in [2.45, 2.75) is 12.8 Å². The van der Waals surface area contributed by atoms with Crippen LogP contribution in [0, 0.1) is 0 Å². The number of hydrogen-bond donors (Lipinski definition) is 0. The third-order valence-electron chi connectivity index (χ3n) is 7.05. The molecule has 0 saturated heterocycles. The van der Waals surface area contributed by atoms with Crippen LogP contribution in [0.4, 0.5) is 0 Å². The average molecular weight is 545 g/mol. The maximum absolute atomic E-state index is 6.73. The average Bonchev–Trinajstić information content (AvgIpc) is 3.15. The van der Waals surface area contributed by atoms with Gasteiger partial charge in [0, 0.05) is 10.8 Å². The van der Waals surface area contributed by atoms with Gasteiger partial charge < -0.3 is 8.39 Å². The summed E-state index contributed by atoms with van der Waals surface area (Å²) in [6, 6.07) is 46.4. The van der Waals surface area contributed by atoms with Crippen LogP contribution < -0.4 is 15.1 Å². The van der Waals surface area contributed by atoms with Crippen LogP contribution in [0.3, 0.4) is 0 Å². The van der Waals surface area contributed by atoms with Crippen LogP contribution >= 0.6 is 16.2 Å². The van der Waals surface area contributed by atoms with Crippen molar-refractivity contribution in [3.8, 4) is 0 Å². The second kappa shape index (κ2) is 10.4. The normalized spacial score (nSPS) is 12.5. The molecule has 3 nitrogen and oxygen atoms in total. The molecule has 0 aliphatic carbocycles. The lowest BCUT2D eigenvalue weighted by Crippen LogP contribution is -2.23. The van der Waals surface area contributed by atoms with Gasteiger partial charge in [-0.05, 0) is 59.1 Å². The maximum atomic E-state index is 6.73. The molecular formula is C34H26O3P2. The second-order valence-corrected chi connectivity index (χ2v) is 13.0. The molecular weight excluding hydrogens is 518 g/mol. The highest BCUT2D eigenvalue weighted by Crippen LogP contribution is 2.45. The predicted molar refractivity (Wildman–Crippen MR) is 166 cm³/mol. The maximum Gasteiger partial charge on any atom is 0.388 e. The zero-order valence-corrected chi connectivity index (χ0v) is 23.2. The van der Waals surface area contributed by atoms with Crippen LogP contribution in [0.25, 0.3) is 43.5 Å². The highest BCUT2D eigenvalue weighted by molar-refractivity contribution is 7.73. The van der Waals surface area contributed by atoms with Gasteiger partial charge in [0.15, 0.2) is 0 Å². The third-order valence-corrected chi connectivity index (χ3v) is 10.9. The van der Waals surface area contributed by atoms with Crippen molar-refractivity contribution in [2.24, 2.45) is 0 Å². The fourth-order valence-electron chi connectivity index (χ4n) is 5.31. The predicted octanol–water partition coefficient (Wildman–Crippen LogP) is 9.50. The molecule has 0 amide bonds. The van der Waals surface area contributed by atoms with E-state index in [9.17, 15) is 0 Å². The summed E-state index contributed by atoms with van der Waals surface area (Å²) in [5.74, 6) is -0.137. The summed E-state index contributed by atoms with van der Waals surface area (Å²) in [6.07, 6.45) is 0. The Bertz CT molecular complexity index is 1830. The van der Waals surface area contributed by atoms with Gasteiger partial charge in [-0.25, -0.2) is 0 Å². The fourth-order valence-corrected chi connectivity index (χ4v) is 9.04. The van der Waals surface area contributed by atoms with Gasteiger partial charge in [-0.2, -0.15) is 0 Å². The first-order valence-electron chi connectivity index (χ1n) is 13.0. The van der Waals surface area contributed by atoms with E-state index in [0.717, 1.165) is 43.5 Å². The van der Waals surface area contributed by atoms with E-state index in [0.29, 0.717) is 0 Å². The second-order valence-electron chi connectivity index (χ2n) is 9.47. The highest BCUT2D eigenvalue weighted by atomic mass is 31.1. The lowest BCUT2D eigenvalue weighted by atomic mass is 9.99. The van der Waals surface area contributed by atoms with Gasteiger partial charge in [0.2, 0.25) is 0 Å². The van der Waals surface area contributed by atoms with Crippen molar-refractivity contribution in [3.05, 3.63) is 133 Å². The van der Waals surface area contributed by atoms with Gasteiger partial charge in [0.1, 0.15) is 11.2 Å². The summed E-state index contributed by atoms with van der Waals surface area (Å²) in [5.41, 5.74) is 1.57. The first-order chi connectivity index (χ1) is 19.3. The lowest BCUT2D eigenvalue weighted by Gasteiger charge is -2.24. The SMILES string of the molecule is C[C@H](Op1oc2ccc3ccccc3c2c2c(ccc3ccccc32)o1)P(c1ccccc1)c1ccccc1. The molecule has 6 aromatic carbocycles. The van der Waals surface area contributed by atoms with E-state index in [1.54, 1.807) is 0 Å². The zero-order chi connectivity index (χ0) is 26.2. The van der Waals surface area contributed by atoms with Crippen molar-refractivity contribution < 1.29 is 12.9 Å². The van der Waals surface area contributed by atoms with Gasteiger partial charge in [-0.15, -0.1) is 0 Å². The van der Waals surface area contributed by atoms with Crippen molar-refractivity contribution in [1.29, 1.82) is 0 Å². The minimum Gasteiger partial charge on any atom is -0.399 e. The molecule has 0 N–H and O–H groups in total. The molecule has 5 heteroatoms. The molecule has 190 valence electrons. The van der Waals surface area contributed by atoms with Gasteiger partial charge >= 0.3 is 8.24 Å². The monoisotopic (exact) mass is 544 g/mol. The molecule has 0 saturated carbocycles. The Hall–Kier alpha value is -3.87. The molecule has 39 heavy (non-hydrogen) atoms. The number of benzene rings is 6. The smallest absolute Gasteiger partial charge is 0.388 e. The molecule has 1 heterocycles. The molecule has 1 aromatic heterocycles. The van der Waals surface area contributed by atoms with E-state index < -0.39 is 16.2 Å². The Kier molecular flexibility index (Phi) is 6.43. The molecule has 0 unspecified atom stereocenters. The summed E-state index contributed by atoms with van der Waals surface area (Å²) in [4.78, 5) is 0. The largest absolute Gasteiger partial charge is 0.399 e. The zero-order valence-electron chi connectivity index (χ0n) is 21.4. The van der Waals surface area contributed by atoms with E-state index >= 15 is 0 Å². The molecule has 1 atom stereocenters. The molecule has 7 aromatic rings. The van der Waals surface area contributed by atoms with E-state index in [2.05, 4.69) is 140 Å². The van der Waals surface area contributed by atoms with Crippen LogP contribution in [-0.4, -0.2) is 5.85 Å². The highest BCUT2D eigenvalue weighted by Gasteiger charge is 2.24.